The van der Waals surface area contributed by atoms with Gasteiger partial charge in [0.1, 0.15) is 28.9 Å². The van der Waals surface area contributed by atoms with Crippen molar-refractivity contribution in [2.45, 2.75) is 33.4 Å². The van der Waals surface area contributed by atoms with E-state index in [0.29, 0.717) is 23.0 Å². The van der Waals surface area contributed by atoms with Gasteiger partial charge in [0.2, 0.25) is 0 Å². The van der Waals surface area contributed by atoms with Crippen molar-refractivity contribution >= 4 is 17.4 Å². The van der Waals surface area contributed by atoms with E-state index in [2.05, 4.69) is 20.6 Å². The lowest BCUT2D eigenvalue weighted by molar-refractivity contribution is 0.0945. The Labute approximate surface area is 169 Å². The van der Waals surface area contributed by atoms with Crippen molar-refractivity contribution < 1.29 is 13.9 Å². The monoisotopic (exact) mass is 394 g/mol. The molecule has 0 saturated heterocycles. The van der Waals surface area contributed by atoms with Crippen LogP contribution in [0.1, 0.15) is 35.7 Å². The molecule has 0 aliphatic heterocycles. The lowest BCUT2D eigenvalue weighted by Gasteiger charge is -2.15. The van der Waals surface area contributed by atoms with E-state index in [0.717, 1.165) is 5.69 Å². The van der Waals surface area contributed by atoms with Crippen LogP contribution >= 0.6 is 0 Å². The Hall–Kier alpha value is -3.48. The van der Waals surface area contributed by atoms with E-state index in [-0.39, 0.29) is 24.2 Å². The Morgan fingerprint density at radius 1 is 1.10 bits per heavy atom. The number of hydrogen-bond donors (Lipinski definition) is 2. The molecule has 3 rings (SSSR count). The fourth-order valence-corrected chi connectivity index (χ4v) is 2.72. The number of amides is 1. The number of nitrogens with zero attached hydrogens (tertiary/aromatic N) is 2. The number of nitrogens with one attached hydrogen (secondary N) is 2. The second-order valence-electron chi connectivity index (χ2n) is 6.75. The van der Waals surface area contributed by atoms with Crippen LogP contribution in [-0.2, 0) is 6.54 Å². The maximum Gasteiger partial charge on any atom is 0.270 e. The number of hydrogen-bond acceptors (Lipinski definition) is 5. The summed E-state index contributed by atoms with van der Waals surface area (Å²) in [6, 6.07) is 15.3. The minimum atomic E-state index is -0.409. The number of halogens is 1. The van der Waals surface area contributed by atoms with Crippen molar-refractivity contribution in [2.24, 2.45) is 0 Å². The maximum atomic E-state index is 13.7. The molecule has 2 N–H and O–H groups in total. The Morgan fingerprint density at radius 2 is 1.83 bits per heavy atom. The van der Waals surface area contributed by atoms with Crippen molar-refractivity contribution in [2.75, 3.05) is 5.32 Å². The van der Waals surface area contributed by atoms with Crippen LogP contribution in [0.15, 0.2) is 54.6 Å². The molecule has 1 aromatic heterocycles. The maximum absolute atomic E-state index is 13.7. The van der Waals surface area contributed by atoms with E-state index >= 15 is 0 Å². The summed E-state index contributed by atoms with van der Waals surface area (Å²) in [7, 11) is 0. The quantitative estimate of drug-likeness (QED) is 0.622. The van der Waals surface area contributed by atoms with Gasteiger partial charge in [-0.1, -0.05) is 30.3 Å². The Bertz CT molecular complexity index is 1010. The summed E-state index contributed by atoms with van der Waals surface area (Å²) >= 11 is 0. The van der Waals surface area contributed by atoms with Gasteiger partial charge in [0.15, 0.2) is 0 Å². The average Bonchev–Trinajstić information content (AvgIpc) is 2.68. The third-order valence-corrected chi connectivity index (χ3v) is 3.98. The van der Waals surface area contributed by atoms with E-state index in [1.165, 1.54) is 6.07 Å². The Balaban J connectivity index is 1.76. The minimum absolute atomic E-state index is 0.0183. The van der Waals surface area contributed by atoms with Crippen molar-refractivity contribution in [3.05, 3.63) is 77.5 Å². The molecule has 0 aliphatic carbocycles. The minimum Gasteiger partial charge on any atom is -0.489 e. The van der Waals surface area contributed by atoms with Gasteiger partial charge in [0.05, 0.1) is 11.8 Å². The second kappa shape index (κ2) is 9.14. The highest BCUT2D eigenvalue weighted by Gasteiger charge is 2.13. The molecule has 0 unspecified atom stereocenters. The molecule has 0 bridgehead atoms. The number of aryl methyl sites for hydroxylation is 1. The zero-order chi connectivity index (χ0) is 20.8. The van der Waals surface area contributed by atoms with Crippen molar-refractivity contribution in [1.29, 1.82) is 0 Å². The van der Waals surface area contributed by atoms with Crippen molar-refractivity contribution in [3.63, 3.8) is 0 Å². The van der Waals surface area contributed by atoms with Crippen LogP contribution in [0.5, 0.6) is 5.75 Å². The van der Waals surface area contributed by atoms with Crippen LogP contribution in [0.3, 0.4) is 0 Å². The van der Waals surface area contributed by atoms with E-state index in [9.17, 15) is 9.18 Å². The number of anilines is 2. The SMILES string of the molecule is Cc1nc(Nc2ccccc2OC(C)C)cc(C(=O)NCc2ccccc2F)n1. The van der Waals surface area contributed by atoms with Gasteiger partial charge in [-0.25, -0.2) is 14.4 Å². The molecule has 0 aliphatic rings. The molecule has 0 fully saturated rings. The largest absolute Gasteiger partial charge is 0.489 e. The van der Waals surface area contributed by atoms with Gasteiger partial charge in [0, 0.05) is 18.2 Å². The molecule has 0 saturated carbocycles. The summed E-state index contributed by atoms with van der Waals surface area (Å²) in [5.41, 5.74) is 1.33. The summed E-state index contributed by atoms with van der Waals surface area (Å²) in [5.74, 6) is 0.815. The number of benzene rings is 2. The van der Waals surface area contributed by atoms with Gasteiger partial charge in [-0.05, 0) is 39.0 Å². The number of carbonyl (C=O) groups excluding carboxylic acids is 1. The topological polar surface area (TPSA) is 76.1 Å². The van der Waals surface area contributed by atoms with Crippen molar-refractivity contribution in [1.82, 2.24) is 15.3 Å². The Morgan fingerprint density at radius 3 is 2.59 bits per heavy atom. The molecule has 29 heavy (non-hydrogen) atoms. The molecule has 2 aromatic carbocycles. The van der Waals surface area contributed by atoms with Gasteiger partial charge in [0.25, 0.3) is 5.91 Å². The van der Waals surface area contributed by atoms with E-state index in [1.807, 2.05) is 38.1 Å². The number of para-hydroxylation sites is 2. The lowest BCUT2D eigenvalue weighted by atomic mass is 10.2. The average molecular weight is 394 g/mol. The zero-order valence-corrected chi connectivity index (χ0v) is 16.6. The third-order valence-electron chi connectivity index (χ3n) is 3.98. The molecule has 6 nitrogen and oxygen atoms in total. The molecule has 1 amide bonds. The van der Waals surface area contributed by atoms with Gasteiger partial charge < -0.3 is 15.4 Å². The van der Waals surface area contributed by atoms with Gasteiger partial charge in [-0.15, -0.1) is 0 Å². The standard InChI is InChI=1S/C22H23FN4O2/c1-14(2)29-20-11-7-6-10-18(20)27-21-12-19(25-15(3)26-21)22(28)24-13-16-8-4-5-9-17(16)23/h4-12,14H,13H2,1-3H3,(H,24,28)(H,25,26,27). The highest BCUT2D eigenvalue weighted by Crippen LogP contribution is 2.27. The summed E-state index contributed by atoms with van der Waals surface area (Å²) in [6.07, 6.45) is 0.0183. The van der Waals surface area contributed by atoms with Gasteiger partial charge in [-0.3, -0.25) is 4.79 Å². The fourth-order valence-electron chi connectivity index (χ4n) is 2.72. The molecule has 0 radical (unpaired) electrons. The second-order valence-corrected chi connectivity index (χ2v) is 6.75. The molecule has 1 heterocycles. The first-order valence-electron chi connectivity index (χ1n) is 9.32. The normalized spacial score (nSPS) is 10.7. The molecule has 150 valence electrons. The van der Waals surface area contributed by atoms with Crippen molar-refractivity contribution in [3.8, 4) is 5.75 Å². The van der Waals surface area contributed by atoms with Crippen LogP contribution < -0.4 is 15.4 Å². The summed E-state index contributed by atoms with van der Waals surface area (Å²) in [6.45, 7) is 5.67. The predicted octanol–water partition coefficient (Wildman–Crippen LogP) is 4.38. The number of ether oxygens (including phenoxy) is 1. The lowest BCUT2D eigenvalue weighted by Crippen LogP contribution is -2.25. The first-order chi connectivity index (χ1) is 13.9. The summed E-state index contributed by atoms with van der Waals surface area (Å²) in [5, 5.41) is 5.87. The third kappa shape index (κ3) is 5.51. The number of aromatic nitrogens is 2. The van der Waals surface area contributed by atoms with Crippen LogP contribution in [0, 0.1) is 12.7 Å². The van der Waals surface area contributed by atoms with Gasteiger partial charge >= 0.3 is 0 Å². The van der Waals surface area contributed by atoms with Crippen LogP contribution in [0.4, 0.5) is 15.9 Å². The highest BCUT2D eigenvalue weighted by molar-refractivity contribution is 5.93. The van der Waals surface area contributed by atoms with E-state index < -0.39 is 5.91 Å². The van der Waals surface area contributed by atoms with Crippen LogP contribution in [0.2, 0.25) is 0 Å². The predicted molar refractivity (Wildman–Crippen MR) is 110 cm³/mol. The fraction of sp³-hybridized carbons (Fsp3) is 0.227. The summed E-state index contributed by atoms with van der Waals surface area (Å²) < 4.78 is 19.5. The molecule has 0 spiro atoms. The van der Waals surface area contributed by atoms with Crippen LogP contribution in [0.25, 0.3) is 0 Å². The molecule has 3 aromatic rings. The molecular weight excluding hydrogens is 371 g/mol. The number of rotatable bonds is 7. The highest BCUT2D eigenvalue weighted by atomic mass is 19.1. The number of carbonyl (C=O) groups is 1. The Kier molecular flexibility index (Phi) is 6.39. The smallest absolute Gasteiger partial charge is 0.270 e. The summed E-state index contributed by atoms with van der Waals surface area (Å²) in [4.78, 5) is 21.1. The first kappa shape index (κ1) is 20.3. The molecule has 7 heteroatoms. The van der Waals surface area contributed by atoms with E-state index in [4.69, 9.17) is 4.74 Å². The van der Waals surface area contributed by atoms with E-state index in [1.54, 1.807) is 31.2 Å². The van der Waals surface area contributed by atoms with Gasteiger partial charge in [-0.2, -0.15) is 0 Å². The molecular formula is C22H23FN4O2. The zero-order valence-electron chi connectivity index (χ0n) is 16.6. The first-order valence-corrected chi connectivity index (χ1v) is 9.32. The molecule has 0 atom stereocenters. The van der Waals surface area contributed by atoms with Crippen LogP contribution in [-0.4, -0.2) is 22.0 Å².